The Kier molecular flexibility index (Phi) is 4.23. The predicted octanol–water partition coefficient (Wildman–Crippen LogP) is 4.49. The van der Waals surface area contributed by atoms with Crippen molar-refractivity contribution in [2.75, 3.05) is 0 Å². The van der Waals surface area contributed by atoms with Crippen molar-refractivity contribution in [2.45, 2.75) is 66.0 Å². The minimum absolute atomic E-state index is 0.262. The van der Waals surface area contributed by atoms with Gasteiger partial charge in [-0.2, -0.15) is 0 Å². The lowest BCUT2D eigenvalue weighted by atomic mass is 9.76. The van der Waals surface area contributed by atoms with Crippen molar-refractivity contribution >= 4 is 9.24 Å². The molecule has 0 rings (SSSR count). The van der Waals surface area contributed by atoms with E-state index in [1.165, 1.54) is 0 Å². The van der Waals surface area contributed by atoms with Crippen molar-refractivity contribution in [1.82, 2.24) is 0 Å². The van der Waals surface area contributed by atoms with Gasteiger partial charge >= 0.3 is 0 Å². The molecule has 1 heteroatoms. The summed E-state index contributed by atoms with van der Waals surface area (Å²) in [5, 5.41) is 0.285. The van der Waals surface area contributed by atoms with Gasteiger partial charge in [0, 0.05) is 1.37 Å². The van der Waals surface area contributed by atoms with Gasteiger partial charge in [-0.15, -0.1) is 9.24 Å². The summed E-state index contributed by atoms with van der Waals surface area (Å²) in [7, 11) is 2.90. The average Bonchev–Trinajstić information content (AvgIpc) is 1.78. The van der Waals surface area contributed by atoms with E-state index in [0.717, 1.165) is 19.3 Å². The van der Waals surface area contributed by atoms with E-state index in [1.54, 1.807) is 0 Å². The Labute approximate surface area is 88.5 Å². The van der Waals surface area contributed by atoms with E-state index >= 15 is 0 Å². The highest BCUT2D eigenvalue weighted by atomic mass is 31.0. The molecule has 13 heavy (non-hydrogen) atoms. The minimum Gasteiger partial charge on any atom is -0.132 e. The Morgan fingerprint density at radius 2 is 1.77 bits per heavy atom. The smallest absolute Gasteiger partial charge is 0.0300 e. The zero-order valence-electron chi connectivity index (χ0n) is 11.2. The van der Waals surface area contributed by atoms with Crippen LogP contribution in [-0.4, -0.2) is 5.16 Å². The number of hydrogen-bond donors (Lipinski definition) is 0. The molecule has 0 fully saturated rings. The van der Waals surface area contributed by atoms with E-state index < -0.39 is 0 Å². The molecule has 0 aliphatic carbocycles. The maximum atomic E-state index is 8.13. The average molecular weight is 204 g/mol. The van der Waals surface area contributed by atoms with E-state index in [1.807, 2.05) is 6.92 Å². The van der Waals surface area contributed by atoms with Gasteiger partial charge in [0.05, 0.1) is 0 Å². The van der Waals surface area contributed by atoms with Gasteiger partial charge in [0.25, 0.3) is 0 Å². The maximum Gasteiger partial charge on any atom is 0.0300 e. The van der Waals surface area contributed by atoms with Crippen molar-refractivity contribution in [3.63, 3.8) is 0 Å². The lowest BCUT2D eigenvalue weighted by Gasteiger charge is -2.34. The fourth-order valence-electron chi connectivity index (χ4n) is 2.24. The minimum atomic E-state index is -0.264. The van der Waals surface area contributed by atoms with Gasteiger partial charge in [-0.1, -0.05) is 48.0 Å². The normalized spacial score (nSPS) is 19.5. The van der Waals surface area contributed by atoms with Gasteiger partial charge in [-0.3, -0.25) is 0 Å². The lowest BCUT2D eigenvalue weighted by molar-refractivity contribution is 0.234. The van der Waals surface area contributed by atoms with Crippen LogP contribution in [0.3, 0.4) is 0 Å². The van der Waals surface area contributed by atoms with Crippen LogP contribution in [0.1, 0.15) is 62.2 Å². The highest BCUT2D eigenvalue weighted by Gasteiger charge is 2.26. The van der Waals surface area contributed by atoms with E-state index in [9.17, 15) is 0 Å². The molecule has 0 radical (unpaired) electrons. The molecule has 0 aromatic heterocycles. The summed E-state index contributed by atoms with van der Waals surface area (Å²) < 4.78 is 8.13. The molecule has 0 aliphatic heterocycles. The SMILES string of the molecule is [3H]C(C)(CC)CC(C)(C)CC(C)(C)P. The fraction of sp³-hybridized carbons (Fsp3) is 1.00. The lowest BCUT2D eigenvalue weighted by Crippen LogP contribution is -2.24. The summed E-state index contributed by atoms with van der Waals surface area (Å²) in [6, 6.07) is 0. The van der Waals surface area contributed by atoms with Crippen LogP contribution >= 0.6 is 9.24 Å². The molecular formula is C12H27P. The standard InChI is InChI=1S/C12H27P/c1-7-10(2)8-11(3,4)9-12(5,6)13/h10H,7-9,13H2,1-6H3/i10T. The largest absolute Gasteiger partial charge is 0.132 e. The third-order valence-electron chi connectivity index (χ3n) is 2.32. The molecular weight excluding hydrogens is 175 g/mol. The number of rotatable bonds is 5. The van der Waals surface area contributed by atoms with Crippen LogP contribution in [0.2, 0.25) is 0 Å². The Hall–Kier alpha value is 0.430. The van der Waals surface area contributed by atoms with Crippen LogP contribution in [0.5, 0.6) is 0 Å². The van der Waals surface area contributed by atoms with Crippen molar-refractivity contribution in [1.29, 1.82) is 0 Å². The van der Waals surface area contributed by atoms with Gasteiger partial charge in [0.15, 0.2) is 0 Å². The van der Waals surface area contributed by atoms with Crippen molar-refractivity contribution in [3.8, 4) is 0 Å². The molecule has 0 bridgehead atoms. The Morgan fingerprint density at radius 1 is 1.31 bits per heavy atom. The molecule has 2 atom stereocenters. The first kappa shape index (κ1) is 11.5. The first-order valence-corrected chi connectivity index (χ1v) is 5.84. The molecule has 0 saturated heterocycles. The highest BCUT2D eigenvalue weighted by molar-refractivity contribution is 7.18. The van der Waals surface area contributed by atoms with Crippen molar-refractivity contribution < 1.29 is 1.37 Å². The summed E-state index contributed by atoms with van der Waals surface area (Å²) in [5.41, 5.74) is 0.262. The third kappa shape index (κ3) is 7.50. The fourth-order valence-corrected chi connectivity index (χ4v) is 2.79. The Bertz CT molecular complexity index is 177. The first-order chi connectivity index (χ1) is 5.97. The van der Waals surface area contributed by atoms with Crippen molar-refractivity contribution in [2.24, 2.45) is 11.3 Å². The quantitative estimate of drug-likeness (QED) is 0.579. The van der Waals surface area contributed by atoms with Gasteiger partial charge in [0.1, 0.15) is 0 Å². The molecule has 0 nitrogen and oxygen atoms in total. The zero-order valence-corrected chi connectivity index (χ0v) is 11.4. The molecule has 0 aliphatic rings. The predicted molar refractivity (Wildman–Crippen MR) is 66.3 cm³/mol. The molecule has 0 aromatic rings. The molecule has 0 N–H and O–H groups in total. The topological polar surface area (TPSA) is 0 Å². The van der Waals surface area contributed by atoms with E-state index in [0.29, 0.717) is 0 Å². The molecule has 2 unspecified atom stereocenters. The molecule has 0 amide bonds. The molecule has 0 heterocycles. The van der Waals surface area contributed by atoms with E-state index in [2.05, 4.69) is 43.9 Å². The molecule has 0 saturated carbocycles. The van der Waals surface area contributed by atoms with Crippen LogP contribution in [-0.2, 0) is 0 Å². The van der Waals surface area contributed by atoms with Gasteiger partial charge in [-0.05, 0) is 29.3 Å². The van der Waals surface area contributed by atoms with Crippen LogP contribution in [0.15, 0.2) is 0 Å². The monoisotopic (exact) mass is 204 g/mol. The summed E-state index contributed by atoms with van der Waals surface area (Å²) >= 11 is 0. The van der Waals surface area contributed by atoms with Crippen LogP contribution in [0.4, 0.5) is 0 Å². The van der Waals surface area contributed by atoms with Gasteiger partial charge in [0.2, 0.25) is 0 Å². The zero-order chi connectivity index (χ0) is 11.6. The third-order valence-corrected chi connectivity index (χ3v) is 2.52. The molecule has 80 valence electrons. The molecule has 0 spiro atoms. The number of hydrogen-bond acceptors (Lipinski definition) is 0. The summed E-state index contributed by atoms with van der Waals surface area (Å²) in [6.45, 7) is 13.2. The maximum absolute atomic E-state index is 8.13. The van der Waals surface area contributed by atoms with Gasteiger partial charge in [-0.25, -0.2) is 0 Å². The first-order valence-electron chi connectivity index (χ1n) is 5.76. The second-order valence-electron chi connectivity index (χ2n) is 5.82. The summed E-state index contributed by atoms with van der Waals surface area (Å²) in [5.74, 6) is -0.264. The van der Waals surface area contributed by atoms with E-state index in [-0.39, 0.29) is 16.5 Å². The van der Waals surface area contributed by atoms with Crippen LogP contribution in [0, 0.1) is 11.3 Å². The van der Waals surface area contributed by atoms with E-state index in [4.69, 9.17) is 1.37 Å². The Morgan fingerprint density at radius 3 is 2.08 bits per heavy atom. The van der Waals surface area contributed by atoms with Crippen LogP contribution in [0.25, 0.3) is 0 Å². The summed E-state index contributed by atoms with van der Waals surface area (Å²) in [4.78, 5) is 0. The highest BCUT2D eigenvalue weighted by Crippen LogP contribution is 2.38. The second-order valence-corrected chi connectivity index (χ2v) is 7.38. The van der Waals surface area contributed by atoms with Crippen LogP contribution < -0.4 is 0 Å². The van der Waals surface area contributed by atoms with Gasteiger partial charge < -0.3 is 0 Å². The summed E-state index contributed by atoms with van der Waals surface area (Å²) in [6.07, 6.45) is 3.07. The second kappa shape index (κ2) is 4.78. The van der Waals surface area contributed by atoms with Crippen molar-refractivity contribution in [3.05, 3.63) is 0 Å². The molecule has 0 aromatic carbocycles. The Balaban J connectivity index is 4.35.